The number of nitriles is 1. The Morgan fingerprint density at radius 1 is 1.50 bits per heavy atom. The zero-order valence-electron chi connectivity index (χ0n) is 8.71. The second-order valence-electron chi connectivity index (χ2n) is 3.07. The summed E-state index contributed by atoms with van der Waals surface area (Å²) in [7, 11) is 0. The molecule has 0 saturated carbocycles. The molecule has 0 aliphatic rings. The Labute approximate surface area is 105 Å². The molecule has 1 rings (SSSR count). The number of nitrogens with one attached hydrogen (secondary N) is 1. The zero-order valence-corrected chi connectivity index (χ0v) is 9.47. The number of alkyl halides is 3. The zero-order chi connectivity index (χ0) is 13.8. The molecule has 1 N–H and O–H groups in total. The van der Waals surface area contributed by atoms with E-state index in [2.05, 4.69) is 10.1 Å². The van der Waals surface area contributed by atoms with Gasteiger partial charge < -0.3 is 10.1 Å². The first-order valence-corrected chi connectivity index (χ1v) is 4.92. The van der Waals surface area contributed by atoms with Crippen LogP contribution in [0.5, 0.6) is 5.75 Å². The topological polar surface area (TPSA) is 62.1 Å². The van der Waals surface area contributed by atoms with E-state index in [1.165, 1.54) is 0 Å². The van der Waals surface area contributed by atoms with Gasteiger partial charge in [0.15, 0.2) is 0 Å². The Morgan fingerprint density at radius 3 is 2.67 bits per heavy atom. The second kappa shape index (κ2) is 5.60. The third-order valence-corrected chi connectivity index (χ3v) is 2.00. The Balaban J connectivity index is 2.80. The molecule has 96 valence electrons. The lowest BCUT2D eigenvalue weighted by atomic mass is 10.3. The molecule has 0 bridgehead atoms. The van der Waals surface area contributed by atoms with E-state index in [-0.39, 0.29) is 17.1 Å². The molecular formula is C10H6ClF3N2O2. The van der Waals surface area contributed by atoms with E-state index in [0.717, 1.165) is 18.2 Å². The van der Waals surface area contributed by atoms with Gasteiger partial charge in [-0.25, -0.2) is 0 Å². The first-order valence-electron chi connectivity index (χ1n) is 4.54. The van der Waals surface area contributed by atoms with Gasteiger partial charge in [-0.3, -0.25) is 4.79 Å². The first kappa shape index (κ1) is 14.1. The van der Waals surface area contributed by atoms with Crippen molar-refractivity contribution < 1.29 is 22.7 Å². The van der Waals surface area contributed by atoms with Gasteiger partial charge in [0.25, 0.3) is 0 Å². The van der Waals surface area contributed by atoms with Gasteiger partial charge in [-0.15, -0.1) is 13.2 Å². The van der Waals surface area contributed by atoms with Crippen molar-refractivity contribution in [3.05, 3.63) is 23.2 Å². The predicted molar refractivity (Wildman–Crippen MR) is 57.0 cm³/mol. The minimum atomic E-state index is -4.81. The van der Waals surface area contributed by atoms with Crippen molar-refractivity contribution in [2.24, 2.45) is 0 Å². The molecule has 0 unspecified atom stereocenters. The van der Waals surface area contributed by atoms with Gasteiger partial charge in [0.2, 0.25) is 5.91 Å². The van der Waals surface area contributed by atoms with Crippen molar-refractivity contribution in [1.82, 2.24) is 0 Å². The van der Waals surface area contributed by atoms with Crippen molar-refractivity contribution in [3.63, 3.8) is 0 Å². The van der Waals surface area contributed by atoms with E-state index in [9.17, 15) is 18.0 Å². The fourth-order valence-electron chi connectivity index (χ4n) is 1.06. The largest absolute Gasteiger partial charge is 0.573 e. The summed E-state index contributed by atoms with van der Waals surface area (Å²) in [4.78, 5) is 11.1. The van der Waals surface area contributed by atoms with E-state index < -0.39 is 18.0 Å². The van der Waals surface area contributed by atoms with E-state index in [1.54, 1.807) is 6.07 Å². The molecule has 0 aromatic heterocycles. The van der Waals surface area contributed by atoms with Crippen LogP contribution >= 0.6 is 11.6 Å². The molecule has 1 amide bonds. The van der Waals surface area contributed by atoms with E-state index in [0.29, 0.717) is 0 Å². The van der Waals surface area contributed by atoms with E-state index >= 15 is 0 Å². The number of halogens is 4. The quantitative estimate of drug-likeness (QED) is 0.924. The lowest BCUT2D eigenvalue weighted by Crippen LogP contribution is -2.17. The molecule has 0 radical (unpaired) electrons. The number of amides is 1. The molecular weight excluding hydrogens is 273 g/mol. The maximum atomic E-state index is 11.9. The minimum absolute atomic E-state index is 0.103. The number of nitrogens with zero attached hydrogens (tertiary/aromatic N) is 1. The summed E-state index contributed by atoms with van der Waals surface area (Å²) in [5, 5.41) is 10.4. The SMILES string of the molecule is N#CCC(=O)Nc1ccc(OC(F)(F)F)cc1Cl. The molecule has 0 saturated heterocycles. The average molecular weight is 279 g/mol. The van der Waals surface area contributed by atoms with Crippen LogP contribution < -0.4 is 10.1 Å². The van der Waals surface area contributed by atoms with Crippen LogP contribution in [-0.2, 0) is 4.79 Å². The van der Waals surface area contributed by atoms with Crippen molar-refractivity contribution in [3.8, 4) is 11.8 Å². The molecule has 0 spiro atoms. The number of hydrogen-bond acceptors (Lipinski definition) is 3. The Morgan fingerprint density at radius 2 is 2.17 bits per heavy atom. The monoisotopic (exact) mass is 278 g/mol. The highest BCUT2D eigenvalue weighted by Crippen LogP contribution is 2.30. The van der Waals surface area contributed by atoms with Crippen molar-refractivity contribution in [1.29, 1.82) is 5.26 Å². The summed E-state index contributed by atoms with van der Waals surface area (Å²) in [6, 6.07) is 4.69. The normalized spacial score (nSPS) is 10.6. The van der Waals surface area contributed by atoms with Crippen LogP contribution in [0.3, 0.4) is 0 Å². The highest BCUT2D eigenvalue weighted by Gasteiger charge is 2.31. The van der Waals surface area contributed by atoms with Gasteiger partial charge >= 0.3 is 6.36 Å². The Bertz CT molecular complexity index is 497. The number of benzene rings is 1. The molecule has 0 fully saturated rings. The van der Waals surface area contributed by atoms with Crippen LogP contribution in [0.4, 0.5) is 18.9 Å². The number of carbonyl (C=O) groups is 1. The lowest BCUT2D eigenvalue weighted by molar-refractivity contribution is -0.274. The third kappa shape index (κ3) is 4.51. The summed E-state index contributed by atoms with van der Waals surface area (Å²) in [5.74, 6) is -1.10. The van der Waals surface area contributed by atoms with Gasteiger partial charge in [0.05, 0.1) is 16.8 Å². The van der Waals surface area contributed by atoms with Gasteiger partial charge in [-0.05, 0) is 12.1 Å². The van der Waals surface area contributed by atoms with E-state index in [4.69, 9.17) is 16.9 Å². The molecule has 1 aromatic carbocycles. The lowest BCUT2D eigenvalue weighted by Gasteiger charge is -2.11. The Hall–Kier alpha value is -1.94. The van der Waals surface area contributed by atoms with E-state index in [1.807, 2.05) is 0 Å². The molecule has 0 aliphatic heterocycles. The van der Waals surface area contributed by atoms with Crippen LogP contribution in [0, 0.1) is 11.3 Å². The number of hydrogen-bond donors (Lipinski definition) is 1. The molecule has 18 heavy (non-hydrogen) atoms. The Kier molecular flexibility index (Phi) is 4.39. The fourth-order valence-corrected chi connectivity index (χ4v) is 1.28. The van der Waals surface area contributed by atoms with Gasteiger partial charge in [0, 0.05) is 6.07 Å². The van der Waals surface area contributed by atoms with Crippen molar-refractivity contribution in [2.75, 3.05) is 5.32 Å². The molecule has 0 atom stereocenters. The number of carbonyl (C=O) groups excluding carboxylic acids is 1. The standard InChI is InChI=1S/C10H6ClF3N2O2/c11-7-5-6(18-10(12,13)14)1-2-8(7)16-9(17)3-4-15/h1-2,5H,3H2,(H,16,17). The highest BCUT2D eigenvalue weighted by molar-refractivity contribution is 6.33. The fraction of sp³-hybridized carbons (Fsp3) is 0.200. The highest BCUT2D eigenvalue weighted by atomic mass is 35.5. The predicted octanol–water partition coefficient (Wildman–Crippen LogP) is 3.09. The number of anilines is 1. The maximum absolute atomic E-state index is 11.9. The van der Waals surface area contributed by atoms with Crippen LogP contribution in [0.25, 0.3) is 0 Å². The summed E-state index contributed by atoms with van der Waals surface area (Å²) in [6.45, 7) is 0. The third-order valence-electron chi connectivity index (χ3n) is 1.69. The summed E-state index contributed by atoms with van der Waals surface area (Å²) < 4.78 is 39.4. The van der Waals surface area contributed by atoms with Crippen LogP contribution in [0.1, 0.15) is 6.42 Å². The van der Waals surface area contributed by atoms with Crippen LogP contribution in [0.2, 0.25) is 5.02 Å². The maximum Gasteiger partial charge on any atom is 0.573 e. The molecule has 0 aliphatic carbocycles. The summed E-state index contributed by atoms with van der Waals surface area (Å²) in [5.41, 5.74) is 0.103. The summed E-state index contributed by atoms with van der Waals surface area (Å²) in [6.07, 6.45) is -5.19. The smallest absolute Gasteiger partial charge is 0.406 e. The average Bonchev–Trinajstić information content (AvgIpc) is 2.20. The van der Waals surface area contributed by atoms with Gasteiger partial charge in [-0.1, -0.05) is 11.6 Å². The molecule has 1 aromatic rings. The summed E-state index contributed by atoms with van der Waals surface area (Å²) >= 11 is 5.66. The van der Waals surface area contributed by atoms with Crippen molar-refractivity contribution >= 4 is 23.2 Å². The number of ether oxygens (including phenoxy) is 1. The van der Waals surface area contributed by atoms with Gasteiger partial charge in [-0.2, -0.15) is 5.26 Å². The minimum Gasteiger partial charge on any atom is -0.406 e. The molecule has 0 heterocycles. The van der Waals surface area contributed by atoms with Crippen LogP contribution in [-0.4, -0.2) is 12.3 Å². The van der Waals surface area contributed by atoms with Gasteiger partial charge in [0.1, 0.15) is 12.2 Å². The molecule has 8 heteroatoms. The van der Waals surface area contributed by atoms with Crippen molar-refractivity contribution in [2.45, 2.75) is 12.8 Å². The second-order valence-corrected chi connectivity index (χ2v) is 3.48. The van der Waals surface area contributed by atoms with Crippen LogP contribution in [0.15, 0.2) is 18.2 Å². The number of rotatable bonds is 3. The molecule has 4 nitrogen and oxygen atoms in total. The first-order chi connectivity index (χ1) is 8.31.